The van der Waals surface area contributed by atoms with Gasteiger partial charge in [0.2, 0.25) is 5.91 Å². The van der Waals surface area contributed by atoms with Crippen molar-refractivity contribution in [2.45, 2.75) is 13.3 Å². The Balaban J connectivity index is 1.51. The molecule has 2 aromatic heterocycles. The molecule has 0 bridgehead atoms. The van der Waals surface area contributed by atoms with Gasteiger partial charge in [-0.25, -0.2) is 9.37 Å². The molecule has 144 valence electrons. The van der Waals surface area contributed by atoms with Crippen LogP contribution >= 0.6 is 11.3 Å². The average Bonchev–Trinajstić information content (AvgIpc) is 3.28. The van der Waals surface area contributed by atoms with Crippen molar-refractivity contribution >= 4 is 34.2 Å². The van der Waals surface area contributed by atoms with Crippen LogP contribution in [0, 0.1) is 12.7 Å². The molecule has 0 spiro atoms. The quantitative estimate of drug-likeness (QED) is 0.568. The largest absolute Gasteiger partial charge is 0.469 e. The fraction of sp³-hybridized carbons (Fsp3) is 0.111. The molecule has 0 aliphatic heterocycles. The first-order valence-electron chi connectivity index (χ1n) is 8.07. The van der Waals surface area contributed by atoms with E-state index >= 15 is 0 Å². The predicted octanol–water partition coefficient (Wildman–Crippen LogP) is 2.44. The third-order valence-corrected chi connectivity index (χ3v) is 4.46. The van der Waals surface area contributed by atoms with Crippen molar-refractivity contribution in [2.24, 2.45) is 0 Å². The molecule has 0 saturated carbocycles. The topological polar surface area (TPSA) is 113 Å². The van der Waals surface area contributed by atoms with Gasteiger partial charge in [0.25, 0.3) is 11.8 Å². The summed E-state index contributed by atoms with van der Waals surface area (Å²) in [5.74, 6) is -1.89. The van der Waals surface area contributed by atoms with Gasteiger partial charge in [-0.1, -0.05) is 12.1 Å². The highest BCUT2D eigenvalue weighted by molar-refractivity contribution is 7.14. The summed E-state index contributed by atoms with van der Waals surface area (Å²) in [6.45, 7) is 1.67. The number of carbonyl (C=O) groups excluding carboxylic acids is 3. The lowest BCUT2D eigenvalue weighted by Gasteiger charge is -2.07. The summed E-state index contributed by atoms with van der Waals surface area (Å²) in [6, 6.07) is 6.96. The van der Waals surface area contributed by atoms with E-state index < -0.39 is 17.6 Å². The summed E-state index contributed by atoms with van der Waals surface area (Å²) in [5.41, 5.74) is 4.95. The smallest absolute Gasteiger partial charge is 0.272 e. The second-order valence-electron chi connectivity index (χ2n) is 5.65. The molecule has 3 rings (SSSR count). The summed E-state index contributed by atoms with van der Waals surface area (Å²) in [7, 11) is 0. The Kier molecular flexibility index (Phi) is 5.80. The lowest BCUT2D eigenvalue weighted by Crippen LogP contribution is -2.42. The van der Waals surface area contributed by atoms with Gasteiger partial charge in [0.05, 0.1) is 29.5 Å². The Bertz CT molecular complexity index is 1030. The number of furan rings is 1. The highest BCUT2D eigenvalue weighted by Gasteiger charge is 2.15. The zero-order valence-corrected chi connectivity index (χ0v) is 15.4. The molecule has 0 aliphatic carbocycles. The summed E-state index contributed by atoms with van der Waals surface area (Å²) >= 11 is 1.16. The Labute approximate surface area is 162 Å². The van der Waals surface area contributed by atoms with Crippen LogP contribution in [0.4, 0.5) is 9.52 Å². The van der Waals surface area contributed by atoms with Crippen molar-refractivity contribution < 1.29 is 23.2 Å². The third-order valence-electron chi connectivity index (χ3n) is 3.65. The number of nitrogens with one attached hydrogen (secondary N) is 3. The first-order chi connectivity index (χ1) is 13.4. The van der Waals surface area contributed by atoms with Gasteiger partial charge in [0.15, 0.2) is 5.13 Å². The molecule has 28 heavy (non-hydrogen) atoms. The van der Waals surface area contributed by atoms with Gasteiger partial charge >= 0.3 is 0 Å². The Morgan fingerprint density at radius 2 is 1.89 bits per heavy atom. The summed E-state index contributed by atoms with van der Waals surface area (Å²) in [6.07, 6.45) is 1.28. The molecule has 3 N–H and O–H groups in total. The second kappa shape index (κ2) is 8.44. The minimum absolute atomic E-state index is 0.130. The van der Waals surface area contributed by atoms with E-state index in [1.165, 1.54) is 24.5 Å². The number of halogens is 1. The van der Waals surface area contributed by atoms with Crippen LogP contribution < -0.4 is 16.2 Å². The Morgan fingerprint density at radius 1 is 1.11 bits per heavy atom. The van der Waals surface area contributed by atoms with Crippen LogP contribution in [0.15, 0.2) is 46.4 Å². The molecule has 10 heteroatoms. The lowest BCUT2D eigenvalue weighted by molar-refractivity contribution is -0.121. The minimum atomic E-state index is -0.770. The molecule has 0 atom stereocenters. The van der Waals surface area contributed by atoms with Gasteiger partial charge in [-0.3, -0.25) is 30.6 Å². The molecule has 0 radical (unpaired) electrons. The number of hydrogen-bond acceptors (Lipinski definition) is 6. The first kappa shape index (κ1) is 19.2. The van der Waals surface area contributed by atoms with E-state index in [2.05, 4.69) is 21.2 Å². The zero-order chi connectivity index (χ0) is 20.1. The molecular weight excluding hydrogens is 387 g/mol. The number of aryl methyl sites for hydroxylation is 1. The number of aromatic nitrogens is 1. The number of hydrogen-bond donors (Lipinski definition) is 3. The van der Waals surface area contributed by atoms with E-state index in [0.29, 0.717) is 22.1 Å². The van der Waals surface area contributed by atoms with Crippen LogP contribution in [0.3, 0.4) is 0 Å². The first-order valence-corrected chi connectivity index (χ1v) is 8.95. The van der Waals surface area contributed by atoms with Gasteiger partial charge in [-0.15, -0.1) is 11.3 Å². The van der Waals surface area contributed by atoms with Crippen LogP contribution in [-0.4, -0.2) is 22.7 Å². The summed E-state index contributed by atoms with van der Waals surface area (Å²) in [4.78, 5) is 40.1. The highest BCUT2D eigenvalue weighted by atomic mass is 32.1. The number of thiazole rings is 1. The molecule has 2 heterocycles. The van der Waals surface area contributed by atoms with Gasteiger partial charge in [-0.2, -0.15) is 0 Å². The van der Waals surface area contributed by atoms with Crippen LogP contribution in [0.25, 0.3) is 0 Å². The van der Waals surface area contributed by atoms with Crippen molar-refractivity contribution in [3.05, 3.63) is 70.4 Å². The zero-order valence-electron chi connectivity index (χ0n) is 14.6. The van der Waals surface area contributed by atoms with Crippen molar-refractivity contribution in [1.82, 2.24) is 15.8 Å². The van der Waals surface area contributed by atoms with E-state index in [1.54, 1.807) is 18.4 Å². The summed E-state index contributed by atoms with van der Waals surface area (Å²) in [5, 5.41) is 4.55. The number of anilines is 1. The fourth-order valence-corrected chi connectivity index (χ4v) is 2.98. The maximum absolute atomic E-state index is 13.5. The van der Waals surface area contributed by atoms with Crippen molar-refractivity contribution in [2.75, 3.05) is 5.32 Å². The molecule has 3 aromatic rings. The Morgan fingerprint density at radius 3 is 2.61 bits per heavy atom. The number of benzene rings is 1. The highest BCUT2D eigenvalue weighted by Crippen LogP contribution is 2.18. The number of amides is 3. The maximum atomic E-state index is 13.5. The van der Waals surface area contributed by atoms with Crippen LogP contribution in [0.2, 0.25) is 0 Å². The van der Waals surface area contributed by atoms with E-state index in [9.17, 15) is 18.8 Å². The van der Waals surface area contributed by atoms with Crippen molar-refractivity contribution in [3.8, 4) is 0 Å². The van der Waals surface area contributed by atoms with Crippen molar-refractivity contribution in [1.29, 1.82) is 0 Å². The lowest BCUT2D eigenvalue weighted by atomic mass is 10.2. The SMILES string of the molecule is Cc1occc1C(=O)Nc1nc(CC(=O)NNC(=O)c2ccccc2F)cs1. The molecule has 0 unspecified atom stereocenters. The van der Waals surface area contributed by atoms with E-state index in [-0.39, 0.29) is 17.9 Å². The number of nitrogens with zero attached hydrogens (tertiary/aromatic N) is 1. The van der Waals surface area contributed by atoms with Gasteiger partial charge in [0, 0.05) is 5.38 Å². The number of carbonyl (C=O) groups is 3. The molecule has 0 aliphatic rings. The molecule has 1 aromatic carbocycles. The predicted molar refractivity (Wildman–Crippen MR) is 99.2 cm³/mol. The van der Waals surface area contributed by atoms with Crippen LogP contribution in [0.5, 0.6) is 0 Å². The van der Waals surface area contributed by atoms with Gasteiger partial charge in [0.1, 0.15) is 11.6 Å². The molecule has 0 fully saturated rings. The molecule has 0 saturated heterocycles. The molecule has 8 nitrogen and oxygen atoms in total. The average molecular weight is 402 g/mol. The van der Waals surface area contributed by atoms with E-state index in [0.717, 1.165) is 17.4 Å². The van der Waals surface area contributed by atoms with E-state index in [1.807, 2.05) is 0 Å². The van der Waals surface area contributed by atoms with Crippen LogP contribution in [0.1, 0.15) is 32.2 Å². The van der Waals surface area contributed by atoms with Gasteiger partial charge in [-0.05, 0) is 25.1 Å². The Hall–Kier alpha value is -3.53. The number of hydrazine groups is 1. The summed E-state index contributed by atoms with van der Waals surface area (Å²) < 4.78 is 18.6. The van der Waals surface area contributed by atoms with Crippen LogP contribution in [-0.2, 0) is 11.2 Å². The number of rotatable bonds is 5. The van der Waals surface area contributed by atoms with Gasteiger partial charge < -0.3 is 4.42 Å². The molecular formula is C18H15FN4O4S. The molecule has 3 amide bonds. The normalized spacial score (nSPS) is 10.4. The maximum Gasteiger partial charge on any atom is 0.272 e. The monoisotopic (exact) mass is 402 g/mol. The third kappa shape index (κ3) is 4.60. The fourth-order valence-electron chi connectivity index (χ4n) is 2.28. The second-order valence-corrected chi connectivity index (χ2v) is 6.51. The van der Waals surface area contributed by atoms with Crippen molar-refractivity contribution in [3.63, 3.8) is 0 Å². The van der Waals surface area contributed by atoms with E-state index in [4.69, 9.17) is 4.42 Å². The standard InChI is InChI=1S/C18H15FN4O4S/c1-10-12(6-7-27-10)16(25)21-18-20-11(9-28-18)8-15(24)22-23-17(26)13-4-2-3-5-14(13)19/h2-7,9H,8H2,1H3,(H,22,24)(H,23,26)(H,20,21,25). The minimum Gasteiger partial charge on any atom is -0.469 e.